The molecule has 6 rings (SSSR count). The second kappa shape index (κ2) is 20.2. The Morgan fingerprint density at radius 1 is 0.650 bits per heavy atom. The van der Waals surface area contributed by atoms with Gasteiger partial charge in [-0.1, -0.05) is 36.4 Å². The van der Waals surface area contributed by atoms with Gasteiger partial charge in [-0.05, 0) is 89.3 Å². The summed E-state index contributed by atoms with van der Waals surface area (Å²) in [5.74, 6) is -0.586. The van der Waals surface area contributed by atoms with Crippen molar-refractivity contribution in [2.45, 2.75) is 65.0 Å². The van der Waals surface area contributed by atoms with Crippen molar-refractivity contribution < 1.29 is 31.2 Å². The maximum atomic E-state index is 13.6. The highest BCUT2D eigenvalue weighted by Gasteiger charge is 2.39. The fourth-order valence-electron chi connectivity index (χ4n) is 7.09. The molecule has 18 heteroatoms. The van der Waals surface area contributed by atoms with E-state index in [9.17, 15) is 26.4 Å². The monoisotopic (exact) mass is 863 g/mol. The largest absolute Gasteiger partial charge is 0.465 e. The third-order valence-corrected chi connectivity index (χ3v) is 14.9. The number of rotatable bonds is 13. The topological polar surface area (TPSA) is 183 Å². The van der Waals surface area contributed by atoms with E-state index in [2.05, 4.69) is 19.8 Å². The Morgan fingerprint density at radius 3 is 1.33 bits per heavy atom. The summed E-state index contributed by atoms with van der Waals surface area (Å²) in [7, 11) is -2.21. The average molecular weight is 864 g/mol. The van der Waals surface area contributed by atoms with E-state index in [0.717, 1.165) is 11.1 Å². The fourth-order valence-corrected chi connectivity index (χ4v) is 10.6. The van der Waals surface area contributed by atoms with Crippen molar-refractivity contribution in [3.05, 3.63) is 120 Å². The predicted molar refractivity (Wildman–Crippen MR) is 233 cm³/mol. The van der Waals surface area contributed by atoms with Gasteiger partial charge in [0.1, 0.15) is 0 Å². The van der Waals surface area contributed by atoms with Crippen LogP contribution in [0.3, 0.4) is 0 Å². The maximum Gasteiger partial charge on any atom is 0.337 e. The van der Waals surface area contributed by atoms with Gasteiger partial charge in [0.25, 0.3) is 0 Å². The third-order valence-electron chi connectivity index (χ3n) is 11.2. The zero-order chi connectivity index (χ0) is 43.8. The summed E-state index contributed by atoms with van der Waals surface area (Å²) in [6.07, 6.45) is 6.32. The molecule has 2 aliphatic rings. The number of aromatic nitrogens is 2. The van der Waals surface area contributed by atoms with Gasteiger partial charge in [-0.2, -0.15) is 25.4 Å². The third kappa shape index (κ3) is 10.9. The molecule has 4 atom stereocenters. The average Bonchev–Trinajstić information content (AvgIpc) is 3.25. The van der Waals surface area contributed by atoms with E-state index in [1.54, 1.807) is 102 Å². The van der Waals surface area contributed by atoms with Crippen LogP contribution in [0.1, 0.15) is 59.5 Å². The van der Waals surface area contributed by atoms with Gasteiger partial charge < -0.3 is 10.5 Å². The fraction of sp³-hybridized carbons (Fsp3) is 0.429. The van der Waals surface area contributed by atoms with Crippen molar-refractivity contribution in [2.75, 3.05) is 62.5 Å². The van der Waals surface area contributed by atoms with Crippen LogP contribution in [0.25, 0.3) is 0 Å². The molecule has 324 valence electrons. The molecule has 0 saturated carbocycles. The van der Waals surface area contributed by atoms with E-state index in [1.165, 1.54) is 20.0 Å². The number of benzene rings is 2. The van der Waals surface area contributed by atoms with E-state index < -0.39 is 26.4 Å². The first-order chi connectivity index (χ1) is 28.5. The van der Waals surface area contributed by atoms with E-state index >= 15 is 0 Å². The molecule has 4 heterocycles. The molecule has 0 unspecified atom stereocenters. The van der Waals surface area contributed by atoms with Gasteiger partial charge in [0.2, 0.25) is 0 Å². The SMILES string of the molecule is COC(=O)c1ccc(CN(c2cccnc2)S(=O)(=O)N2C[C@@H](C)N(C)[C@@H](C)C2)cc1.C[C@@H]1CN(S(=O)(=O)N(Cc2ccc(C(=O)CN)cc2)c2cccnc2)C[C@H](C)N1C. The van der Waals surface area contributed by atoms with Gasteiger partial charge in [-0.3, -0.25) is 33.2 Å². The lowest BCUT2D eigenvalue weighted by Crippen LogP contribution is -2.59. The van der Waals surface area contributed by atoms with Crippen LogP contribution in [0.4, 0.5) is 11.4 Å². The standard InChI is InChI=1S/C21H29N5O3S.C21H28N4O4S/c1-16-13-25(14-17(2)24(16)3)30(28,29)26(20-5-4-10-23-12-20)15-18-6-8-19(9-7-18)21(27)11-22;1-16-13-24(14-17(2)23(16)3)30(27,28)25(20-6-5-11-22-12-20)15-18-7-9-19(10-8-18)21(26)29-4/h4-10,12,16-17H,11,13-15,22H2,1-3H3;5-12,16-17H,13-15H2,1-4H3/t2*16-,17+. The second-order valence-electron chi connectivity index (χ2n) is 15.3. The van der Waals surface area contributed by atoms with E-state index in [1.807, 2.05) is 41.8 Å². The van der Waals surface area contributed by atoms with Crippen LogP contribution >= 0.6 is 0 Å². The van der Waals surface area contributed by atoms with E-state index in [4.69, 9.17) is 10.5 Å². The van der Waals surface area contributed by atoms with Crippen LogP contribution < -0.4 is 14.3 Å². The molecular formula is C42H57N9O7S2. The van der Waals surface area contributed by atoms with Crippen molar-refractivity contribution in [3.8, 4) is 0 Å². The minimum absolute atomic E-state index is 0.0602. The van der Waals surface area contributed by atoms with Crippen molar-refractivity contribution in [1.82, 2.24) is 28.4 Å². The maximum absolute atomic E-state index is 13.6. The summed E-state index contributed by atoms with van der Waals surface area (Å²) in [6.45, 7) is 9.99. The van der Waals surface area contributed by atoms with E-state index in [0.29, 0.717) is 48.7 Å². The zero-order valence-corrected chi connectivity index (χ0v) is 37.0. The number of likely N-dealkylation sites (N-methyl/N-ethyl adjacent to an activating group) is 2. The van der Waals surface area contributed by atoms with Crippen LogP contribution in [-0.4, -0.2) is 135 Å². The zero-order valence-electron chi connectivity index (χ0n) is 35.3. The highest BCUT2D eigenvalue weighted by molar-refractivity contribution is 7.90. The Morgan fingerprint density at radius 2 is 1.02 bits per heavy atom. The van der Waals surface area contributed by atoms with Crippen LogP contribution in [0.2, 0.25) is 0 Å². The number of anilines is 2. The number of hydrogen-bond donors (Lipinski definition) is 1. The number of nitrogens with two attached hydrogens (primary N) is 1. The van der Waals surface area contributed by atoms with Crippen LogP contribution in [0.15, 0.2) is 97.6 Å². The number of hydrogen-bond acceptors (Lipinski definition) is 12. The first-order valence-electron chi connectivity index (χ1n) is 19.8. The first-order valence-corrected chi connectivity index (χ1v) is 22.6. The van der Waals surface area contributed by atoms with Crippen molar-refractivity contribution in [2.24, 2.45) is 5.73 Å². The molecular weight excluding hydrogens is 807 g/mol. The number of carbonyl (C=O) groups excluding carboxylic acids is 2. The lowest BCUT2D eigenvalue weighted by Gasteiger charge is -2.43. The molecule has 2 aromatic heterocycles. The Bertz CT molecular complexity index is 2070. The molecule has 4 aromatic rings. The number of carbonyl (C=O) groups is 2. The Labute approximate surface area is 354 Å². The highest BCUT2D eigenvalue weighted by atomic mass is 32.2. The number of methoxy groups -OCH3 is 1. The summed E-state index contributed by atoms with van der Waals surface area (Å²) < 4.78 is 65.1. The van der Waals surface area contributed by atoms with Gasteiger partial charge in [0, 0.05) is 68.3 Å². The molecule has 2 N–H and O–H groups in total. The molecule has 0 aliphatic carbocycles. The number of esters is 1. The number of ether oxygens (including phenoxy) is 1. The Kier molecular flexibility index (Phi) is 15.5. The van der Waals surface area contributed by atoms with Crippen LogP contribution in [0, 0.1) is 0 Å². The molecule has 2 aliphatic heterocycles. The van der Waals surface area contributed by atoms with Gasteiger partial charge in [0.05, 0.1) is 56.1 Å². The number of Topliss-reactive ketones (excluding diaryl/α,β-unsaturated/α-hetero) is 1. The normalized spacial score (nSPS) is 20.7. The number of ketones is 1. The van der Waals surface area contributed by atoms with Crippen LogP contribution in [0.5, 0.6) is 0 Å². The minimum atomic E-state index is -3.79. The van der Waals surface area contributed by atoms with Gasteiger partial charge in [0.15, 0.2) is 5.78 Å². The molecule has 0 amide bonds. The lowest BCUT2D eigenvalue weighted by atomic mass is 10.1. The molecule has 2 fully saturated rings. The number of nitrogens with zero attached hydrogens (tertiary/aromatic N) is 8. The van der Waals surface area contributed by atoms with Gasteiger partial charge >= 0.3 is 26.4 Å². The van der Waals surface area contributed by atoms with Crippen molar-refractivity contribution in [1.29, 1.82) is 0 Å². The summed E-state index contributed by atoms with van der Waals surface area (Å²) in [5.41, 5.74) is 8.86. The second-order valence-corrected chi connectivity index (χ2v) is 19.0. The molecule has 60 heavy (non-hydrogen) atoms. The molecule has 2 saturated heterocycles. The molecule has 2 aromatic carbocycles. The van der Waals surface area contributed by atoms with Crippen LogP contribution in [-0.2, 0) is 38.2 Å². The number of pyridine rings is 2. The highest BCUT2D eigenvalue weighted by Crippen LogP contribution is 2.28. The number of piperazine rings is 2. The van der Waals surface area contributed by atoms with Gasteiger partial charge in [-0.15, -0.1) is 0 Å². The molecule has 0 bridgehead atoms. The van der Waals surface area contributed by atoms with Gasteiger partial charge in [-0.25, -0.2) is 4.79 Å². The molecule has 0 spiro atoms. The van der Waals surface area contributed by atoms with Crippen molar-refractivity contribution >= 4 is 43.5 Å². The molecule has 16 nitrogen and oxygen atoms in total. The quantitative estimate of drug-likeness (QED) is 0.153. The Hall–Kier alpha value is -4.82. The summed E-state index contributed by atoms with van der Waals surface area (Å²) in [5, 5.41) is 0. The minimum Gasteiger partial charge on any atom is -0.465 e. The first kappa shape index (κ1) is 46.2. The van der Waals surface area contributed by atoms with Crippen molar-refractivity contribution in [3.63, 3.8) is 0 Å². The smallest absolute Gasteiger partial charge is 0.337 e. The summed E-state index contributed by atoms with van der Waals surface area (Å²) >= 11 is 0. The Balaban J connectivity index is 0.000000228. The molecule has 0 radical (unpaired) electrons. The lowest BCUT2D eigenvalue weighted by molar-refractivity contribution is 0.0600. The summed E-state index contributed by atoms with van der Waals surface area (Å²) in [4.78, 5) is 36.0. The predicted octanol–water partition coefficient (Wildman–Crippen LogP) is 3.64. The van der Waals surface area contributed by atoms with E-state index in [-0.39, 0.29) is 49.6 Å². The summed E-state index contributed by atoms with van der Waals surface area (Å²) in [6, 6.07) is 21.0.